The molecule has 2 rings (SSSR count). The van der Waals surface area contributed by atoms with Gasteiger partial charge in [0.2, 0.25) is 17.8 Å². The van der Waals surface area contributed by atoms with Gasteiger partial charge in [-0.3, -0.25) is 0 Å². The third-order valence-corrected chi connectivity index (χ3v) is 2.90. The Morgan fingerprint density at radius 2 is 1.26 bits per heavy atom. The number of anilines is 4. The van der Waals surface area contributed by atoms with Gasteiger partial charge in [-0.25, -0.2) is 0 Å². The fourth-order valence-electron chi connectivity index (χ4n) is 1.80. The maximum atomic E-state index is 8.85. The van der Waals surface area contributed by atoms with E-state index in [1.165, 1.54) is 0 Å². The van der Waals surface area contributed by atoms with E-state index in [4.69, 9.17) is 10.2 Å². The maximum absolute atomic E-state index is 8.85. The van der Waals surface area contributed by atoms with Gasteiger partial charge in [0.05, 0.1) is 0 Å². The first-order valence-electron chi connectivity index (χ1n) is 7.59. The molecule has 1 heterocycles. The Kier molecular flexibility index (Phi) is 7.02. The van der Waals surface area contributed by atoms with Crippen LogP contribution in [0.15, 0.2) is 30.3 Å². The molecule has 0 atom stereocenters. The van der Waals surface area contributed by atoms with E-state index in [1.54, 1.807) is 0 Å². The highest BCUT2D eigenvalue weighted by Crippen LogP contribution is 2.15. The van der Waals surface area contributed by atoms with E-state index in [1.807, 2.05) is 30.3 Å². The number of nitrogens with zero attached hydrogens (tertiary/aromatic N) is 3. The number of hydrogen-bond acceptors (Lipinski definition) is 8. The summed E-state index contributed by atoms with van der Waals surface area (Å²) in [7, 11) is 0. The zero-order valence-corrected chi connectivity index (χ0v) is 12.9. The first-order chi connectivity index (χ1) is 11.3. The normalized spacial score (nSPS) is 10.3. The van der Waals surface area contributed by atoms with Crippen molar-refractivity contribution < 1.29 is 10.2 Å². The number of aliphatic hydroxyl groups excluding tert-OH is 2. The zero-order chi connectivity index (χ0) is 16.3. The highest BCUT2D eigenvalue weighted by Gasteiger charge is 2.06. The number of rotatable bonds is 10. The molecule has 0 fully saturated rings. The zero-order valence-electron chi connectivity index (χ0n) is 12.9. The Balaban J connectivity index is 2.10. The summed E-state index contributed by atoms with van der Waals surface area (Å²) in [6.45, 7) is 1.35. The molecule has 1 aromatic carbocycles. The Labute approximate surface area is 135 Å². The number of hydrogen-bond donors (Lipinski definition) is 5. The summed E-state index contributed by atoms with van der Waals surface area (Å²) in [5.74, 6) is 1.28. The predicted molar refractivity (Wildman–Crippen MR) is 89.9 cm³/mol. The average molecular weight is 318 g/mol. The Morgan fingerprint density at radius 3 is 1.78 bits per heavy atom. The quantitative estimate of drug-likeness (QED) is 0.415. The van der Waals surface area contributed by atoms with Crippen molar-refractivity contribution in [2.45, 2.75) is 12.8 Å². The molecule has 0 radical (unpaired) electrons. The minimum absolute atomic E-state index is 0.106. The molecule has 8 nitrogen and oxygen atoms in total. The van der Waals surface area contributed by atoms with E-state index in [9.17, 15) is 0 Å². The van der Waals surface area contributed by atoms with Crippen LogP contribution >= 0.6 is 0 Å². The van der Waals surface area contributed by atoms with Gasteiger partial charge in [-0.1, -0.05) is 18.2 Å². The molecule has 8 heteroatoms. The molecular formula is C15H22N6O2. The molecule has 0 saturated heterocycles. The number of aliphatic hydroxyl groups is 2. The monoisotopic (exact) mass is 318 g/mol. The third-order valence-electron chi connectivity index (χ3n) is 2.90. The number of para-hydroxylation sites is 1. The standard InChI is InChI=1S/C15H22N6O2/c22-10-4-8-16-13-19-14(17-9-5-11-23)21-15(20-13)18-12-6-2-1-3-7-12/h1-3,6-7,22-23H,4-5,8-11H2,(H3,16,17,18,19,20,21). The van der Waals surface area contributed by atoms with Crippen molar-refractivity contribution in [2.75, 3.05) is 42.3 Å². The third kappa shape index (κ3) is 6.05. The Hall–Kier alpha value is -2.45. The summed E-state index contributed by atoms with van der Waals surface area (Å²) in [6.07, 6.45) is 1.22. The molecule has 124 valence electrons. The van der Waals surface area contributed by atoms with Gasteiger partial charge in [-0.15, -0.1) is 0 Å². The molecule has 0 unspecified atom stereocenters. The van der Waals surface area contributed by atoms with Gasteiger partial charge < -0.3 is 26.2 Å². The summed E-state index contributed by atoms with van der Waals surface area (Å²) in [4.78, 5) is 12.9. The molecule has 23 heavy (non-hydrogen) atoms. The maximum Gasteiger partial charge on any atom is 0.233 e. The number of aromatic nitrogens is 3. The van der Waals surface area contributed by atoms with Crippen molar-refractivity contribution in [1.29, 1.82) is 0 Å². The van der Waals surface area contributed by atoms with Crippen molar-refractivity contribution in [3.8, 4) is 0 Å². The SMILES string of the molecule is OCCCNc1nc(NCCCO)nc(Nc2ccccc2)n1. The molecule has 0 aliphatic carbocycles. The average Bonchev–Trinajstić information content (AvgIpc) is 2.56. The van der Waals surface area contributed by atoms with E-state index >= 15 is 0 Å². The lowest BCUT2D eigenvalue weighted by Gasteiger charge is -2.11. The summed E-state index contributed by atoms with van der Waals surface area (Å²) >= 11 is 0. The van der Waals surface area contributed by atoms with Gasteiger partial charge in [0.15, 0.2) is 0 Å². The highest BCUT2D eigenvalue weighted by molar-refractivity contribution is 5.55. The Morgan fingerprint density at radius 1 is 0.739 bits per heavy atom. The summed E-state index contributed by atoms with van der Waals surface area (Å²) in [6, 6.07) is 9.61. The van der Waals surface area contributed by atoms with Crippen molar-refractivity contribution in [2.24, 2.45) is 0 Å². The van der Waals surface area contributed by atoms with Crippen LogP contribution in [0.2, 0.25) is 0 Å². The van der Waals surface area contributed by atoms with E-state index in [-0.39, 0.29) is 13.2 Å². The molecular weight excluding hydrogens is 296 g/mol. The lowest BCUT2D eigenvalue weighted by Crippen LogP contribution is -2.13. The molecule has 1 aromatic heterocycles. The number of benzene rings is 1. The van der Waals surface area contributed by atoms with Gasteiger partial charge in [-0.05, 0) is 25.0 Å². The molecule has 2 aromatic rings. The molecule has 5 N–H and O–H groups in total. The van der Waals surface area contributed by atoms with Crippen molar-refractivity contribution in [3.63, 3.8) is 0 Å². The molecule has 0 bridgehead atoms. The van der Waals surface area contributed by atoms with Crippen LogP contribution in [-0.4, -0.2) is 51.5 Å². The second kappa shape index (κ2) is 9.54. The highest BCUT2D eigenvalue weighted by atomic mass is 16.3. The fourth-order valence-corrected chi connectivity index (χ4v) is 1.80. The lowest BCUT2D eigenvalue weighted by atomic mass is 10.3. The van der Waals surface area contributed by atoms with Crippen LogP contribution in [0.4, 0.5) is 23.5 Å². The van der Waals surface area contributed by atoms with Crippen LogP contribution in [0.25, 0.3) is 0 Å². The largest absolute Gasteiger partial charge is 0.396 e. The lowest BCUT2D eigenvalue weighted by molar-refractivity contribution is 0.292. The van der Waals surface area contributed by atoms with E-state index in [2.05, 4.69) is 30.9 Å². The first-order valence-corrected chi connectivity index (χ1v) is 7.59. The van der Waals surface area contributed by atoms with Gasteiger partial charge in [0.1, 0.15) is 0 Å². The van der Waals surface area contributed by atoms with Crippen molar-refractivity contribution in [1.82, 2.24) is 15.0 Å². The second-order valence-electron chi connectivity index (χ2n) is 4.81. The second-order valence-corrected chi connectivity index (χ2v) is 4.81. The molecule has 0 spiro atoms. The van der Waals surface area contributed by atoms with Crippen molar-refractivity contribution >= 4 is 23.5 Å². The van der Waals surface area contributed by atoms with Gasteiger partial charge in [-0.2, -0.15) is 15.0 Å². The smallest absolute Gasteiger partial charge is 0.233 e. The molecule has 0 amide bonds. The topological polar surface area (TPSA) is 115 Å². The predicted octanol–water partition coefficient (Wildman–Crippen LogP) is 1.20. The van der Waals surface area contributed by atoms with Gasteiger partial charge in [0, 0.05) is 32.0 Å². The van der Waals surface area contributed by atoms with Gasteiger partial charge in [0.25, 0.3) is 0 Å². The summed E-state index contributed by atoms with van der Waals surface area (Å²) in [5, 5.41) is 26.9. The fraction of sp³-hybridized carbons (Fsp3) is 0.400. The minimum atomic E-state index is 0.106. The molecule has 0 aliphatic rings. The number of nitrogens with one attached hydrogen (secondary N) is 3. The molecule has 0 saturated carbocycles. The van der Waals surface area contributed by atoms with Crippen LogP contribution in [0.5, 0.6) is 0 Å². The van der Waals surface area contributed by atoms with Crippen LogP contribution in [-0.2, 0) is 0 Å². The first kappa shape index (κ1) is 16.9. The Bertz CT molecular complexity index is 553. The van der Waals surface area contributed by atoms with E-state index in [0.717, 1.165) is 5.69 Å². The summed E-state index contributed by atoms with van der Waals surface area (Å²) in [5.41, 5.74) is 0.876. The van der Waals surface area contributed by atoms with E-state index < -0.39 is 0 Å². The van der Waals surface area contributed by atoms with Crippen LogP contribution in [0.1, 0.15) is 12.8 Å². The molecule has 0 aliphatic heterocycles. The van der Waals surface area contributed by atoms with Crippen LogP contribution < -0.4 is 16.0 Å². The summed E-state index contributed by atoms with van der Waals surface area (Å²) < 4.78 is 0. The van der Waals surface area contributed by atoms with Crippen LogP contribution in [0, 0.1) is 0 Å². The van der Waals surface area contributed by atoms with Crippen LogP contribution in [0.3, 0.4) is 0 Å². The van der Waals surface area contributed by atoms with E-state index in [0.29, 0.717) is 43.8 Å². The van der Waals surface area contributed by atoms with Crippen molar-refractivity contribution in [3.05, 3.63) is 30.3 Å². The van der Waals surface area contributed by atoms with Gasteiger partial charge >= 0.3 is 0 Å². The minimum Gasteiger partial charge on any atom is -0.396 e.